The zero-order valence-corrected chi connectivity index (χ0v) is 13.1. The van der Waals surface area contributed by atoms with Crippen molar-refractivity contribution in [2.75, 3.05) is 11.5 Å². The summed E-state index contributed by atoms with van der Waals surface area (Å²) in [5, 5.41) is 9.45. The molecule has 1 aromatic carbocycles. The van der Waals surface area contributed by atoms with Gasteiger partial charge in [0, 0.05) is 0 Å². The number of hydrogen-bond donors (Lipinski definition) is 1. The second-order valence-electron chi connectivity index (χ2n) is 6.60. The molecule has 4 rings (SSSR count). The molecule has 0 saturated carbocycles. The largest absolute Gasteiger partial charge is 0.416 e. The van der Waals surface area contributed by atoms with Crippen molar-refractivity contribution < 1.29 is 32.6 Å². The molecule has 1 N–H and O–H groups in total. The smallest absolute Gasteiger partial charge is 0.392 e. The zero-order chi connectivity index (χ0) is 18.1. The average molecular weight is 353 g/mol. The third-order valence-electron chi connectivity index (χ3n) is 5.28. The molecule has 1 aromatic rings. The number of anilines is 1. The number of carbonyl (C=O) groups excluding carboxylic acids is 2. The van der Waals surface area contributed by atoms with Crippen LogP contribution in [0.25, 0.3) is 0 Å². The summed E-state index contributed by atoms with van der Waals surface area (Å²) >= 11 is 0. The fourth-order valence-corrected chi connectivity index (χ4v) is 4.09. The van der Waals surface area contributed by atoms with Crippen LogP contribution in [0.3, 0.4) is 0 Å². The van der Waals surface area contributed by atoms with Gasteiger partial charge in [-0.15, -0.1) is 0 Å². The highest BCUT2D eigenvalue weighted by atomic mass is 19.4. The molecule has 2 saturated heterocycles. The number of aliphatic hydroxyl groups is 1. The van der Waals surface area contributed by atoms with E-state index in [0.717, 1.165) is 23.1 Å². The van der Waals surface area contributed by atoms with Crippen LogP contribution in [0.15, 0.2) is 35.9 Å². The molecule has 2 bridgehead atoms. The summed E-state index contributed by atoms with van der Waals surface area (Å²) in [5.41, 5.74) is -1.62. The minimum absolute atomic E-state index is 0.104. The van der Waals surface area contributed by atoms with Gasteiger partial charge in [0.05, 0.1) is 35.8 Å². The van der Waals surface area contributed by atoms with Gasteiger partial charge < -0.3 is 9.84 Å². The van der Waals surface area contributed by atoms with Crippen LogP contribution in [-0.2, 0) is 20.5 Å². The monoisotopic (exact) mass is 353 g/mol. The normalized spacial score (nSPS) is 33.9. The molecular weight excluding hydrogens is 339 g/mol. The lowest BCUT2D eigenvalue weighted by molar-refractivity contribution is -0.137. The fraction of sp³-hybridized carbons (Fsp3) is 0.412. The number of ether oxygens (including phenoxy) is 1. The molecule has 5 nitrogen and oxygen atoms in total. The molecule has 4 atom stereocenters. The van der Waals surface area contributed by atoms with E-state index in [0.29, 0.717) is 5.57 Å². The van der Waals surface area contributed by atoms with Crippen molar-refractivity contribution in [3.05, 3.63) is 41.5 Å². The van der Waals surface area contributed by atoms with Gasteiger partial charge in [-0.05, 0) is 30.7 Å². The maximum atomic E-state index is 12.9. The van der Waals surface area contributed by atoms with Crippen molar-refractivity contribution in [1.82, 2.24) is 0 Å². The Morgan fingerprint density at radius 3 is 2.64 bits per heavy atom. The van der Waals surface area contributed by atoms with Gasteiger partial charge >= 0.3 is 6.18 Å². The Kier molecular flexibility index (Phi) is 3.21. The number of benzene rings is 1. The van der Waals surface area contributed by atoms with Gasteiger partial charge in [-0.3, -0.25) is 9.59 Å². The van der Waals surface area contributed by atoms with Crippen LogP contribution in [0.1, 0.15) is 12.5 Å². The lowest BCUT2D eigenvalue weighted by Crippen LogP contribution is -2.42. The Morgan fingerprint density at radius 2 is 2.00 bits per heavy atom. The number of nitrogens with zero attached hydrogens (tertiary/aromatic N) is 1. The molecule has 2 unspecified atom stereocenters. The number of aliphatic hydroxyl groups excluding tert-OH is 1. The summed E-state index contributed by atoms with van der Waals surface area (Å²) in [5.74, 6) is -2.79. The van der Waals surface area contributed by atoms with Crippen LogP contribution in [0.2, 0.25) is 0 Å². The highest BCUT2D eigenvalue weighted by molar-refractivity contribution is 6.23. The summed E-state index contributed by atoms with van der Waals surface area (Å²) in [4.78, 5) is 26.4. The molecule has 8 heteroatoms. The van der Waals surface area contributed by atoms with Crippen molar-refractivity contribution in [2.45, 2.75) is 24.8 Å². The highest BCUT2D eigenvalue weighted by Gasteiger charge is 2.68. The third-order valence-corrected chi connectivity index (χ3v) is 5.28. The van der Waals surface area contributed by atoms with Crippen LogP contribution in [0.5, 0.6) is 0 Å². The SMILES string of the molecule is CC12OC(C=C1CO)[C@@H]1C(=O)N(c3cccc(C(F)(F)F)c3)C(=O)[C@@H]12. The molecule has 2 fully saturated rings. The van der Waals surface area contributed by atoms with E-state index in [2.05, 4.69) is 0 Å². The first kappa shape index (κ1) is 16.3. The van der Waals surface area contributed by atoms with E-state index in [-0.39, 0.29) is 12.3 Å². The van der Waals surface area contributed by atoms with E-state index in [9.17, 15) is 27.9 Å². The standard InChI is InChI=1S/C17H14F3NO4/c1-16-9(7-22)6-11(25-16)12-13(16)15(24)21(14(12)23)10-4-2-3-8(5-10)17(18,19)20/h2-6,11-13,22H,7H2,1H3/t11?,12-,13+,16?/m0/s1. The molecule has 0 radical (unpaired) electrons. The number of rotatable bonds is 2. The second-order valence-corrected chi connectivity index (χ2v) is 6.60. The number of imide groups is 1. The number of fused-ring (bicyclic) bond motifs is 5. The van der Waals surface area contributed by atoms with Gasteiger partial charge in [0.15, 0.2) is 0 Å². The van der Waals surface area contributed by atoms with Crippen molar-refractivity contribution in [3.63, 3.8) is 0 Å². The molecule has 0 aromatic heterocycles. The molecule has 3 heterocycles. The minimum atomic E-state index is -4.57. The van der Waals surface area contributed by atoms with E-state index in [1.54, 1.807) is 13.0 Å². The number of halogens is 3. The summed E-state index contributed by atoms with van der Waals surface area (Å²) in [6, 6.07) is 4.14. The molecule has 0 spiro atoms. The summed E-state index contributed by atoms with van der Waals surface area (Å²) in [6.07, 6.45) is -3.59. The first-order valence-electron chi connectivity index (χ1n) is 7.73. The Hall–Kier alpha value is -2.19. The molecule has 3 aliphatic heterocycles. The van der Waals surface area contributed by atoms with Gasteiger partial charge in [-0.1, -0.05) is 12.1 Å². The first-order chi connectivity index (χ1) is 11.7. The van der Waals surface area contributed by atoms with Crippen molar-refractivity contribution in [1.29, 1.82) is 0 Å². The lowest BCUT2D eigenvalue weighted by atomic mass is 9.73. The predicted octanol–water partition coefficient (Wildman–Crippen LogP) is 1.90. The van der Waals surface area contributed by atoms with Crippen LogP contribution < -0.4 is 4.90 Å². The van der Waals surface area contributed by atoms with Crippen molar-refractivity contribution in [2.24, 2.45) is 11.8 Å². The molecule has 25 heavy (non-hydrogen) atoms. The van der Waals surface area contributed by atoms with Gasteiger partial charge in [-0.2, -0.15) is 13.2 Å². The Morgan fingerprint density at radius 1 is 1.28 bits per heavy atom. The first-order valence-corrected chi connectivity index (χ1v) is 7.73. The second kappa shape index (κ2) is 4.92. The van der Waals surface area contributed by atoms with E-state index in [4.69, 9.17) is 4.74 Å². The van der Waals surface area contributed by atoms with Crippen molar-refractivity contribution >= 4 is 17.5 Å². The van der Waals surface area contributed by atoms with Crippen LogP contribution in [-0.4, -0.2) is 35.2 Å². The maximum Gasteiger partial charge on any atom is 0.416 e. The topological polar surface area (TPSA) is 66.8 Å². The van der Waals surface area contributed by atoms with Crippen LogP contribution >= 0.6 is 0 Å². The summed E-state index contributed by atoms with van der Waals surface area (Å²) in [6.45, 7) is 1.32. The van der Waals surface area contributed by atoms with Crippen molar-refractivity contribution in [3.8, 4) is 0 Å². The number of hydrogen-bond acceptors (Lipinski definition) is 4. The van der Waals surface area contributed by atoms with Crippen LogP contribution in [0, 0.1) is 11.8 Å². The Balaban J connectivity index is 1.74. The maximum absolute atomic E-state index is 12.9. The summed E-state index contributed by atoms with van der Waals surface area (Å²) < 4.78 is 44.5. The van der Waals surface area contributed by atoms with E-state index in [1.807, 2.05) is 0 Å². The molecule has 132 valence electrons. The lowest BCUT2D eigenvalue weighted by Gasteiger charge is -2.29. The minimum Gasteiger partial charge on any atom is -0.392 e. The highest BCUT2D eigenvalue weighted by Crippen LogP contribution is 2.55. The van der Waals surface area contributed by atoms with E-state index < -0.39 is 47.1 Å². The van der Waals surface area contributed by atoms with Gasteiger partial charge in [-0.25, -0.2) is 4.90 Å². The number of alkyl halides is 3. The molecule has 0 aliphatic carbocycles. The van der Waals surface area contributed by atoms with Crippen LogP contribution in [0.4, 0.5) is 18.9 Å². The molecular formula is C17H14F3NO4. The fourth-order valence-electron chi connectivity index (χ4n) is 4.09. The predicted molar refractivity (Wildman–Crippen MR) is 79.4 cm³/mol. The van der Waals surface area contributed by atoms with E-state index in [1.165, 1.54) is 6.07 Å². The molecule has 2 amide bonds. The summed E-state index contributed by atoms with van der Waals surface area (Å²) in [7, 11) is 0. The van der Waals surface area contributed by atoms with E-state index >= 15 is 0 Å². The van der Waals surface area contributed by atoms with Gasteiger partial charge in [0.25, 0.3) is 0 Å². The van der Waals surface area contributed by atoms with Gasteiger partial charge in [0.1, 0.15) is 5.60 Å². The number of carbonyl (C=O) groups is 2. The third kappa shape index (κ3) is 2.04. The average Bonchev–Trinajstić information content (AvgIpc) is 3.12. The van der Waals surface area contributed by atoms with Gasteiger partial charge in [0.2, 0.25) is 11.8 Å². The number of amides is 2. The Labute approximate surface area is 140 Å². The zero-order valence-electron chi connectivity index (χ0n) is 13.1. The Bertz CT molecular complexity index is 818. The quantitative estimate of drug-likeness (QED) is 0.651. The molecule has 3 aliphatic rings.